The number of rotatable bonds is 8. The van der Waals surface area contributed by atoms with Gasteiger partial charge in [0, 0.05) is 6.26 Å². The summed E-state index contributed by atoms with van der Waals surface area (Å²) in [5.74, 6) is 0.0791. The van der Waals surface area contributed by atoms with Crippen molar-refractivity contribution in [2.24, 2.45) is 0 Å². The highest BCUT2D eigenvalue weighted by molar-refractivity contribution is 7.90. The van der Waals surface area contributed by atoms with Gasteiger partial charge in [-0.2, -0.15) is 21.6 Å². The Hall–Kier alpha value is -2.27. The fraction of sp³-hybridized carbons (Fsp3) is 0.368. The Labute approximate surface area is 173 Å². The molecule has 0 saturated carbocycles. The molecule has 0 aromatic heterocycles. The van der Waals surface area contributed by atoms with Crippen molar-refractivity contribution in [2.75, 3.05) is 18.6 Å². The Morgan fingerprint density at radius 1 is 0.933 bits per heavy atom. The second kappa shape index (κ2) is 8.84. The average Bonchev–Trinajstić information content (AvgIpc) is 2.56. The summed E-state index contributed by atoms with van der Waals surface area (Å²) in [6, 6.07) is 8.77. The molecule has 0 unspecified atom stereocenters. The van der Waals surface area contributed by atoms with E-state index in [0.717, 1.165) is 23.4 Å². The molecule has 30 heavy (non-hydrogen) atoms. The molecule has 0 amide bonds. The van der Waals surface area contributed by atoms with E-state index in [-0.39, 0.29) is 12.4 Å². The monoisotopic (exact) mass is 466 g/mol. The van der Waals surface area contributed by atoms with Gasteiger partial charge in [-0.3, -0.25) is 0 Å². The summed E-state index contributed by atoms with van der Waals surface area (Å²) in [6.07, 6.45) is 1.49. The third-order valence-corrected chi connectivity index (χ3v) is 6.06. The van der Waals surface area contributed by atoms with Crippen LogP contribution < -0.4 is 8.92 Å². The molecule has 0 fully saturated rings. The van der Waals surface area contributed by atoms with Crippen LogP contribution in [-0.2, 0) is 20.0 Å². The molecular weight excluding hydrogens is 445 g/mol. The largest absolute Gasteiger partial charge is 0.534 e. The first-order chi connectivity index (χ1) is 13.7. The molecule has 0 N–H and O–H groups in total. The predicted molar refractivity (Wildman–Crippen MR) is 107 cm³/mol. The SMILES string of the molecule is Cc1cc(OCCCS(C)(=O)=O)cc(C)c1-c1cccc(OS(=O)(=O)C(F)(F)F)c1. The van der Waals surface area contributed by atoms with E-state index in [4.69, 9.17) is 4.74 Å². The molecule has 0 atom stereocenters. The lowest BCUT2D eigenvalue weighted by atomic mass is 9.95. The first-order valence-corrected chi connectivity index (χ1v) is 12.2. The van der Waals surface area contributed by atoms with Crippen molar-refractivity contribution in [2.45, 2.75) is 25.8 Å². The first kappa shape index (κ1) is 24.0. The van der Waals surface area contributed by atoms with Gasteiger partial charge >= 0.3 is 15.6 Å². The second-order valence-electron chi connectivity index (χ2n) is 6.77. The van der Waals surface area contributed by atoms with Crippen LogP contribution in [0.1, 0.15) is 17.5 Å². The number of ether oxygens (including phenoxy) is 1. The molecule has 0 aliphatic carbocycles. The molecular formula is C19H21F3O6S2. The van der Waals surface area contributed by atoms with Crippen LogP contribution in [0, 0.1) is 13.8 Å². The van der Waals surface area contributed by atoms with E-state index in [1.54, 1.807) is 32.0 Å². The summed E-state index contributed by atoms with van der Waals surface area (Å²) in [7, 11) is -8.83. The van der Waals surface area contributed by atoms with Gasteiger partial charge in [0.2, 0.25) is 0 Å². The van der Waals surface area contributed by atoms with E-state index in [2.05, 4.69) is 4.18 Å². The van der Waals surface area contributed by atoms with Crippen molar-refractivity contribution in [1.29, 1.82) is 0 Å². The standard InChI is InChI=1S/C19H21F3O6S2/c1-13-10-17(27-8-5-9-29(3,23)24)11-14(2)18(13)15-6-4-7-16(12-15)28-30(25,26)19(20,21)22/h4,6-7,10-12H,5,8-9H2,1-3H3. The second-order valence-corrected chi connectivity index (χ2v) is 10.6. The maximum atomic E-state index is 12.5. The topological polar surface area (TPSA) is 86.7 Å². The van der Waals surface area contributed by atoms with Gasteiger partial charge in [-0.1, -0.05) is 12.1 Å². The van der Waals surface area contributed by atoms with Gasteiger partial charge in [-0.05, 0) is 66.8 Å². The Balaban J connectivity index is 2.24. The third kappa shape index (κ3) is 6.36. The molecule has 0 aliphatic rings. The van der Waals surface area contributed by atoms with E-state index < -0.39 is 31.2 Å². The Morgan fingerprint density at radius 3 is 2.07 bits per heavy atom. The number of benzene rings is 2. The van der Waals surface area contributed by atoms with E-state index in [1.807, 2.05) is 0 Å². The lowest BCUT2D eigenvalue weighted by molar-refractivity contribution is -0.0500. The number of alkyl halides is 3. The molecule has 0 bridgehead atoms. The quantitative estimate of drug-likeness (QED) is 0.332. The summed E-state index contributed by atoms with van der Waals surface area (Å²) < 4.78 is 92.2. The molecule has 0 spiro atoms. The Bertz CT molecular complexity index is 1100. The van der Waals surface area contributed by atoms with Crippen LogP contribution in [0.4, 0.5) is 13.2 Å². The highest BCUT2D eigenvalue weighted by Crippen LogP contribution is 2.34. The van der Waals surface area contributed by atoms with Crippen molar-refractivity contribution in [1.82, 2.24) is 0 Å². The Kier molecular flexibility index (Phi) is 7.08. The normalized spacial score (nSPS) is 12.6. The van der Waals surface area contributed by atoms with Crippen molar-refractivity contribution in [3.63, 3.8) is 0 Å². The first-order valence-electron chi connectivity index (χ1n) is 8.72. The molecule has 11 heteroatoms. The van der Waals surface area contributed by atoms with Crippen molar-refractivity contribution < 1.29 is 38.9 Å². The number of hydrogen-bond donors (Lipinski definition) is 0. The van der Waals surface area contributed by atoms with Crippen LogP contribution in [0.15, 0.2) is 36.4 Å². The Morgan fingerprint density at radius 2 is 1.53 bits per heavy atom. The van der Waals surface area contributed by atoms with Crippen molar-refractivity contribution in [3.8, 4) is 22.6 Å². The minimum Gasteiger partial charge on any atom is -0.494 e. The predicted octanol–water partition coefficient (Wildman–Crippen LogP) is 4.01. The molecule has 0 aliphatic heterocycles. The molecule has 166 valence electrons. The van der Waals surface area contributed by atoms with Gasteiger partial charge in [0.05, 0.1) is 12.4 Å². The van der Waals surface area contributed by atoms with Crippen LogP contribution in [0.3, 0.4) is 0 Å². The fourth-order valence-corrected chi connectivity index (χ4v) is 3.94. The zero-order chi connectivity index (χ0) is 22.7. The van der Waals surface area contributed by atoms with E-state index in [1.165, 1.54) is 12.1 Å². The van der Waals surface area contributed by atoms with Crippen molar-refractivity contribution >= 4 is 20.0 Å². The zero-order valence-corrected chi connectivity index (χ0v) is 18.1. The summed E-state index contributed by atoms with van der Waals surface area (Å²) in [5, 5.41) is 0. The highest BCUT2D eigenvalue weighted by Gasteiger charge is 2.48. The van der Waals surface area contributed by atoms with Gasteiger partial charge in [0.1, 0.15) is 21.3 Å². The van der Waals surface area contributed by atoms with Gasteiger partial charge in [-0.15, -0.1) is 0 Å². The number of sulfone groups is 1. The summed E-state index contributed by atoms with van der Waals surface area (Å²) >= 11 is 0. The van der Waals surface area contributed by atoms with E-state index >= 15 is 0 Å². The van der Waals surface area contributed by atoms with Gasteiger partial charge < -0.3 is 8.92 Å². The van der Waals surface area contributed by atoms with Crippen LogP contribution in [0.5, 0.6) is 11.5 Å². The molecule has 2 aromatic rings. The minimum absolute atomic E-state index is 0.0106. The number of aryl methyl sites for hydroxylation is 2. The lowest BCUT2D eigenvalue weighted by Gasteiger charge is -2.15. The number of hydrogen-bond acceptors (Lipinski definition) is 6. The molecule has 0 saturated heterocycles. The summed E-state index contributed by atoms with van der Waals surface area (Å²) in [6.45, 7) is 3.75. The summed E-state index contributed by atoms with van der Waals surface area (Å²) in [5.41, 5.74) is -2.88. The maximum Gasteiger partial charge on any atom is 0.534 e. The smallest absolute Gasteiger partial charge is 0.494 e. The molecule has 2 aromatic carbocycles. The van der Waals surface area contributed by atoms with Crippen LogP contribution in [0.25, 0.3) is 11.1 Å². The van der Waals surface area contributed by atoms with Crippen LogP contribution >= 0.6 is 0 Å². The average molecular weight is 466 g/mol. The highest BCUT2D eigenvalue weighted by atomic mass is 32.2. The molecule has 6 nitrogen and oxygen atoms in total. The molecule has 0 heterocycles. The lowest BCUT2D eigenvalue weighted by Crippen LogP contribution is -2.28. The van der Waals surface area contributed by atoms with Crippen molar-refractivity contribution in [3.05, 3.63) is 47.5 Å². The third-order valence-electron chi connectivity index (χ3n) is 4.05. The van der Waals surface area contributed by atoms with E-state index in [9.17, 15) is 30.0 Å². The fourth-order valence-electron chi connectivity index (χ4n) is 2.85. The van der Waals surface area contributed by atoms with Gasteiger partial charge in [0.15, 0.2) is 0 Å². The van der Waals surface area contributed by atoms with Gasteiger partial charge in [0.25, 0.3) is 0 Å². The summed E-state index contributed by atoms with van der Waals surface area (Å²) in [4.78, 5) is 0. The molecule has 2 rings (SSSR count). The molecule has 0 radical (unpaired) electrons. The maximum absolute atomic E-state index is 12.5. The number of halogens is 3. The van der Waals surface area contributed by atoms with E-state index in [0.29, 0.717) is 23.3 Å². The van der Waals surface area contributed by atoms with Crippen LogP contribution in [-0.4, -0.2) is 41.0 Å². The van der Waals surface area contributed by atoms with Gasteiger partial charge in [-0.25, -0.2) is 8.42 Å². The zero-order valence-electron chi connectivity index (χ0n) is 16.5. The van der Waals surface area contributed by atoms with Crippen LogP contribution in [0.2, 0.25) is 0 Å². The minimum atomic E-state index is -5.76.